The molecule has 0 saturated carbocycles. The molecule has 2 N–H and O–H groups in total. The molecule has 2 aromatic rings. The van der Waals surface area contributed by atoms with E-state index < -0.39 is 5.82 Å². The third kappa shape index (κ3) is 3.63. The van der Waals surface area contributed by atoms with Crippen LogP contribution >= 0.6 is 23.2 Å². The average Bonchev–Trinajstić information content (AvgIpc) is 2.37. The highest BCUT2D eigenvalue weighted by molar-refractivity contribution is 6.31. The lowest BCUT2D eigenvalue weighted by atomic mass is 10.1. The van der Waals surface area contributed by atoms with E-state index in [-0.39, 0.29) is 16.8 Å². The van der Waals surface area contributed by atoms with Crippen molar-refractivity contribution in [2.75, 3.05) is 0 Å². The maximum absolute atomic E-state index is 13.9. The molecule has 0 fully saturated rings. The second-order valence-electron chi connectivity index (χ2n) is 4.59. The largest absolute Gasteiger partial charge is 0.454 e. The molecule has 20 heavy (non-hydrogen) atoms. The molecular weight excluding hydrogens is 300 g/mol. The molecule has 0 saturated heterocycles. The van der Waals surface area contributed by atoms with Crippen LogP contribution in [0.4, 0.5) is 4.39 Å². The van der Waals surface area contributed by atoms with Crippen LogP contribution in [0.25, 0.3) is 0 Å². The van der Waals surface area contributed by atoms with Gasteiger partial charge in [-0.1, -0.05) is 29.3 Å². The zero-order chi connectivity index (χ0) is 14.7. The van der Waals surface area contributed by atoms with Gasteiger partial charge in [0.2, 0.25) is 0 Å². The van der Waals surface area contributed by atoms with Crippen LogP contribution in [0, 0.1) is 5.82 Å². The molecule has 2 rings (SSSR count). The maximum atomic E-state index is 13.9. The summed E-state index contributed by atoms with van der Waals surface area (Å²) in [6.07, 6.45) is 0.581. The van der Waals surface area contributed by atoms with Crippen molar-refractivity contribution in [3.63, 3.8) is 0 Å². The molecule has 1 unspecified atom stereocenters. The van der Waals surface area contributed by atoms with E-state index in [1.54, 1.807) is 24.3 Å². The van der Waals surface area contributed by atoms with Crippen molar-refractivity contribution in [2.45, 2.75) is 19.4 Å². The zero-order valence-corrected chi connectivity index (χ0v) is 12.4. The van der Waals surface area contributed by atoms with E-state index in [0.29, 0.717) is 17.2 Å². The van der Waals surface area contributed by atoms with Gasteiger partial charge in [-0.15, -0.1) is 0 Å². The van der Waals surface area contributed by atoms with E-state index in [9.17, 15) is 4.39 Å². The number of hydrogen-bond acceptors (Lipinski definition) is 2. The fourth-order valence-corrected chi connectivity index (χ4v) is 2.20. The predicted molar refractivity (Wildman–Crippen MR) is 80.3 cm³/mol. The SMILES string of the molecule is CC(N)Cc1cc(Cl)ccc1Oc1cccc(Cl)c1F. The van der Waals surface area contributed by atoms with Crippen molar-refractivity contribution in [2.24, 2.45) is 5.73 Å². The number of nitrogens with two attached hydrogens (primary N) is 1. The Morgan fingerprint density at radius 1 is 1.20 bits per heavy atom. The summed E-state index contributed by atoms with van der Waals surface area (Å²) in [7, 11) is 0. The molecule has 2 nitrogen and oxygen atoms in total. The number of halogens is 3. The summed E-state index contributed by atoms with van der Waals surface area (Å²) in [6, 6.07) is 9.70. The second kappa shape index (κ2) is 6.44. The second-order valence-corrected chi connectivity index (χ2v) is 5.43. The van der Waals surface area contributed by atoms with Gasteiger partial charge in [-0.05, 0) is 49.2 Å². The van der Waals surface area contributed by atoms with Crippen LogP contribution in [0.2, 0.25) is 10.0 Å². The van der Waals surface area contributed by atoms with Gasteiger partial charge in [0.15, 0.2) is 11.6 Å². The first-order valence-corrected chi connectivity index (χ1v) is 6.89. The van der Waals surface area contributed by atoms with E-state index in [2.05, 4.69) is 0 Å². The highest BCUT2D eigenvalue weighted by Gasteiger charge is 2.12. The Bertz CT molecular complexity index is 617. The molecule has 0 bridgehead atoms. The Balaban J connectivity index is 2.35. The molecule has 0 heterocycles. The molecule has 0 radical (unpaired) electrons. The standard InChI is InChI=1S/C15H14Cl2FNO/c1-9(19)7-10-8-11(16)5-6-13(10)20-14-4-2-3-12(17)15(14)18/h2-6,8-9H,7,19H2,1H3. The fraction of sp³-hybridized carbons (Fsp3) is 0.200. The van der Waals surface area contributed by atoms with Crippen molar-refractivity contribution in [3.8, 4) is 11.5 Å². The Hall–Kier alpha value is -1.29. The molecule has 0 aromatic heterocycles. The van der Waals surface area contributed by atoms with E-state index in [1.165, 1.54) is 12.1 Å². The average molecular weight is 314 g/mol. The summed E-state index contributed by atoms with van der Waals surface area (Å²) in [4.78, 5) is 0. The maximum Gasteiger partial charge on any atom is 0.184 e. The number of ether oxygens (including phenoxy) is 1. The minimum Gasteiger partial charge on any atom is -0.454 e. The van der Waals surface area contributed by atoms with E-state index in [4.69, 9.17) is 33.7 Å². The highest BCUT2D eigenvalue weighted by Crippen LogP contribution is 2.32. The summed E-state index contributed by atoms with van der Waals surface area (Å²) >= 11 is 11.7. The van der Waals surface area contributed by atoms with E-state index >= 15 is 0 Å². The van der Waals surface area contributed by atoms with Gasteiger partial charge >= 0.3 is 0 Å². The number of hydrogen-bond donors (Lipinski definition) is 1. The van der Waals surface area contributed by atoms with Gasteiger partial charge in [-0.2, -0.15) is 0 Å². The Kier molecular flexibility index (Phi) is 4.86. The number of benzene rings is 2. The fourth-order valence-electron chi connectivity index (χ4n) is 1.84. The van der Waals surface area contributed by atoms with Gasteiger partial charge in [-0.3, -0.25) is 0 Å². The molecule has 0 amide bonds. The number of rotatable bonds is 4. The molecule has 0 aliphatic heterocycles. The normalized spacial score (nSPS) is 12.2. The van der Waals surface area contributed by atoms with Crippen LogP contribution in [0.5, 0.6) is 11.5 Å². The first-order chi connectivity index (χ1) is 9.47. The molecule has 1 atom stereocenters. The van der Waals surface area contributed by atoms with Gasteiger partial charge in [0, 0.05) is 11.1 Å². The first kappa shape index (κ1) is 15.1. The van der Waals surface area contributed by atoms with Crippen molar-refractivity contribution in [3.05, 3.63) is 57.8 Å². The topological polar surface area (TPSA) is 35.2 Å². The molecule has 0 spiro atoms. The summed E-state index contributed by atoms with van der Waals surface area (Å²) in [6.45, 7) is 1.88. The van der Waals surface area contributed by atoms with Gasteiger partial charge in [0.25, 0.3) is 0 Å². The van der Waals surface area contributed by atoms with Crippen LogP contribution in [-0.2, 0) is 6.42 Å². The quantitative estimate of drug-likeness (QED) is 0.878. The van der Waals surface area contributed by atoms with Crippen LogP contribution in [0.3, 0.4) is 0 Å². The van der Waals surface area contributed by atoms with Crippen molar-refractivity contribution in [1.82, 2.24) is 0 Å². The van der Waals surface area contributed by atoms with E-state index in [0.717, 1.165) is 5.56 Å². The third-order valence-electron chi connectivity index (χ3n) is 2.70. The molecule has 106 valence electrons. The minimum absolute atomic E-state index is 0.0187. The van der Waals surface area contributed by atoms with Gasteiger partial charge < -0.3 is 10.5 Å². The molecule has 5 heteroatoms. The summed E-state index contributed by atoms with van der Waals surface area (Å²) in [5.41, 5.74) is 6.62. The first-order valence-electron chi connectivity index (χ1n) is 6.13. The minimum atomic E-state index is -0.587. The lowest BCUT2D eigenvalue weighted by molar-refractivity contribution is 0.436. The highest BCUT2D eigenvalue weighted by atomic mass is 35.5. The van der Waals surface area contributed by atoms with Crippen molar-refractivity contribution >= 4 is 23.2 Å². The zero-order valence-electron chi connectivity index (χ0n) is 10.9. The van der Waals surface area contributed by atoms with Crippen LogP contribution in [-0.4, -0.2) is 6.04 Å². The van der Waals surface area contributed by atoms with Crippen molar-refractivity contribution in [1.29, 1.82) is 0 Å². The van der Waals surface area contributed by atoms with Crippen LogP contribution in [0.15, 0.2) is 36.4 Å². The monoisotopic (exact) mass is 313 g/mol. The van der Waals surface area contributed by atoms with Gasteiger partial charge in [0.1, 0.15) is 5.75 Å². The Morgan fingerprint density at radius 2 is 1.95 bits per heavy atom. The summed E-state index contributed by atoms with van der Waals surface area (Å²) in [5, 5.41) is 0.602. The smallest absolute Gasteiger partial charge is 0.184 e. The van der Waals surface area contributed by atoms with Crippen molar-refractivity contribution < 1.29 is 9.13 Å². The summed E-state index contributed by atoms with van der Waals surface area (Å²) < 4.78 is 19.5. The Labute approximate surface area is 127 Å². The lowest BCUT2D eigenvalue weighted by Gasteiger charge is -2.14. The van der Waals surface area contributed by atoms with E-state index in [1.807, 2.05) is 6.92 Å². The van der Waals surface area contributed by atoms with Crippen LogP contribution < -0.4 is 10.5 Å². The molecular formula is C15H14Cl2FNO. The predicted octanol–water partition coefficient (Wildman–Crippen LogP) is 4.81. The third-order valence-corrected chi connectivity index (χ3v) is 3.23. The molecule has 0 aliphatic rings. The summed E-state index contributed by atoms with van der Waals surface area (Å²) in [5.74, 6) is 0.00878. The van der Waals surface area contributed by atoms with Crippen LogP contribution in [0.1, 0.15) is 12.5 Å². The Morgan fingerprint density at radius 3 is 2.65 bits per heavy atom. The van der Waals surface area contributed by atoms with Gasteiger partial charge in [0.05, 0.1) is 5.02 Å². The van der Waals surface area contributed by atoms with Gasteiger partial charge in [-0.25, -0.2) is 4.39 Å². The molecule has 2 aromatic carbocycles. The molecule has 0 aliphatic carbocycles. The lowest BCUT2D eigenvalue weighted by Crippen LogP contribution is -2.18.